The van der Waals surface area contributed by atoms with Gasteiger partial charge in [0.2, 0.25) is 0 Å². The molecule has 0 atom stereocenters. The number of rotatable bonds is 4. The highest BCUT2D eigenvalue weighted by Gasteiger charge is 2.03. The first kappa shape index (κ1) is 9.90. The number of carbonyl (C=O) groups excluding carboxylic acids is 1. The highest BCUT2D eigenvalue weighted by atomic mass is 19.1. The Balaban J connectivity index is 2.75. The maximum atomic E-state index is 12.0. The zero-order chi connectivity index (χ0) is 9.68. The van der Waals surface area contributed by atoms with E-state index in [1.807, 2.05) is 12.1 Å². The monoisotopic (exact) mass is 180 g/mol. The third-order valence-electron chi connectivity index (χ3n) is 1.94. The average molecular weight is 180 g/mol. The molecule has 0 aliphatic rings. The molecule has 0 N–H and O–H groups in total. The van der Waals surface area contributed by atoms with Crippen molar-refractivity contribution in [1.82, 2.24) is 0 Å². The maximum Gasteiger partial charge on any atom is 0.193 e. The van der Waals surface area contributed by atoms with Crippen molar-refractivity contribution in [1.29, 1.82) is 0 Å². The fourth-order valence-electron chi connectivity index (χ4n) is 1.22. The van der Waals surface area contributed by atoms with E-state index in [1.54, 1.807) is 12.1 Å². The Bertz CT molecular complexity index is 277. The van der Waals surface area contributed by atoms with Gasteiger partial charge in [-0.05, 0) is 12.0 Å². The summed E-state index contributed by atoms with van der Waals surface area (Å²) in [4.78, 5) is 10.9. The van der Waals surface area contributed by atoms with Gasteiger partial charge in [0, 0.05) is 5.56 Å². The van der Waals surface area contributed by atoms with E-state index in [4.69, 9.17) is 0 Å². The Hall–Kier alpha value is -1.18. The molecule has 0 saturated carbocycles. The molecular weight excluding hydrogens is 167 g/mol. The molecule has 0 saturated heterocycles. The van der Waals surface area contributed by atoms with Gasteiger partial charge in [0.1, 0.15) is 0 Å². The van der Waals surface area contributed by atoms with Crippen molar-refractivity contribution in [3.8, 4) is 0 Å². The van der Waals surface area contributed by atoms with Crippen molar-refractivity contribution < 1.29 is 9.18 Å². The highest BCUT2D eigenvalue weighted by Crippen LogP contribution is 2.07. The molecule has 0 heterocycles. The predicted octanol–water partition coefficient (Wildman–Crippen LogP) is 2.79. The minimum atomic E-state index is -0.910. The number of ketones is 1. The number of benzene rings is 1. The smallest absolute Gasteiger partial charge is 0.193 e. The van der Waals surface area contributed by atoms with Crippen LogP contribution in [0.1, 0.15) is 29.3 Å². The van der Waals surface area contributed by atoms with Gasteiger partial charge < -0.3 is 0 Å². The second kappa shape index (κ2) is 4.75. The molecule has 2 heteroatoms. The van der Waals surface area contributed by atoms with Crippen LogP contribution in [0.15, 0.2) is 24.3 Å². The van der Waals surface area contributed by atoms with Crippen LogP contribution >= 0.6 is 0 Å². The highest BCUT2D eigenvalue weighted by molar-refractivity contribution is 5.96. The van der Waals surface area contributed by atoms with Crippen molar-refractivity contribution in [2.45, 2.75) is 19.8 Å². The van der Waals surface area contributed by atoms with Crippen LogP contribution in [0.3, 0.4) is 0 Å². The van der Waals surface area contributed by atoms with Crippen molar-refractivity contribution in [2.75, 3.05) is 6.67 Å². The van der Waals surface area contributed by atoms with Crippen molar-refractivity contribution in [2.24, 2.45) is 0 Å². The van der Waals surface area contributed by atoms with E-state index in [0.717, 1.165) is 12.8 Å². The number of Topliss-reactive ketones (excluding diaryl/α,β-unsaturated/α-hetero) is 1. The molecule has 1 aromatic carbocycles. The summed E-state index contributed by atoms with van der Waals surface area (Å²) in [6, 6.07) is 7.14. The Morgan fingerprint density at radius 2 is 1.92 bits per heavy atom. The molecule has 0 spiro atoms. The summed E-state index contributed by atoms with van der Waals surface area (Å²) >= 11 is 0. The van der Waals surface area contributed by atoms with Crippen molar-refractivity contribution >= 4 is 5.78 Å². The number of hydrogen-bond donors (Lipinski definition) is 0. The fraction of sp³-hybridized carbons (Fsp3) is 0.364. The van der Waals surface area contributed by atoms with Crippen LogP contribution in [0.25, 0.3) is 0 Å². The van der Waals surface area contributed by atoms with Gasteiger partial charge in [-0.2, -0.15) is 0 Å². The summed E-state index contributed by atoms with van der Waals surface area (Å²) in [6.45, 7) is 1.19. The lowest BCUT2D eigenvalue weighted by Crippen LogP contribution is -2.00. The van der Waals surface area contributed by atoms with E-state index in [0.29, 0.717) is 5.56 Å². The molecule has 0 unspecified atom stereocenters. The predicted molar refractivity (Wildman–Crippen MR) is 50.7 cm³/mol. The maximum absolute atomic E-state index is 12.0. The minimum Gasteiger partial charge on any atom is -0.291 e. The third kappa shape index (κ3) is 2.65. The molecule has 1 rings (SSSR count). The first-order valence-corrected chi connectivity index (χ1v) is 4.46. The Morgan fingerprint density at radius 3 is 2.38 bits per heavy atom. The van der Waals surface area contributed by atoms with Crippen LogP contribution in [0.5, 0.6) is 0 Å². The number of aryl methyl sites for hydroxylation is 1. The van der Waals surface area contributed by atoms with E-state index in [1.165, 1.54) is 5.56 Å². The Kier molecular flexibility index (Phi) is 3.62. The van der Waals surface area contributed by atoms with Gasteiger partial charge in [0.05, 0.1) is 0 Å². The molecule has 0 bridgehead atoms. The van der Waals surface area contributed by atoms with Gasteiger partial charge in [0.15, 0.2) is 12.5 Å². The number of hydrogen-bond acceptors (Lipinski definition) is 1. The summed E-state index contributed by atoms with van der Waals surface area (Å²) in [7, 11) is 0. The summed E-state index contributed by atoms with van der Waals surface area (Å²) in [5.41, 5.74) is 1.65. The average Bonchev–Trinajstić information content (AvgIpc) is 2.18. The standard InChI is InChI=1S/C11H13FO/c1-2-3-9-4-6-10(7-5-9)11(13)8-12/h4-7H,2-3,8H2,1H3. The summed E-state index contributed by atoms with van der Waals surface area (Å²) in [6.07, 6.45) is 2.08. The van der Waals surface area contributed by atoms with Crippen LogP contribution in [0, 0.1) is 0 Å². The van der Waals surface area contributed by atoms with Gasteiger partial charge in [-0.25, -0.2) is 4.39 Å². The van der Waals surface area contributed by atoms with E-state index < -0.39 is 12.5 Å². The molecule has 0 aromatic heterocycles. The summed E-state index contributed by atoms with van der Waals surface area (Å²) in [5.74, 6) is -0.442. The van der Waals surface area contributed by atoms with Crippen molar-refractivity contribution in [3.63, 3.8) is 0 Å². The first-order valence-electron chi connectivity index (χ1n) is 4.46. The van der Waals surface area contributed by atoms with Crippen LogP contribution in [0.2, 0.25) is 0 Å². The molecule has 0 radical (unpaired) electrons. The quantitative estimate of drug-likeness (QED) is 0.651. The van der Waals surface area contributed by atoms with Gasteiger partial charge in [-0.1, -0.05) is 37.6 Å². The Morgan fingerprint density at radius 1 is 1.31 bits per heavy atom. The van der Waals surface area contributed by atoms with Crippen LogP contribution < -0.4 is 0 Å². The van der Waals surface area contributed by atoms with Gasteiger partial charge >= 0.3 is 0 Å². The molecule has 1 nitrogen and oxygen atoms in total. The fourth-order valence-corrected chi connectivity index (χ4v) is 1.22. The van der Waals surface area contributed by atoms with Crippen LogP contribution in [-0.2, 0) is 6.42 Å². The van der Waals surface area contributed by atoms with E-state index >= 15 is 0 Å². The third-order valence-corrected chi connectivity index (χ3v) is 1.94. The molecule has 13 heavy (non-hydrogen) atoms. The Labute approximate surface area is 77.6 Å². The van der Waals surface area contributed by atoms with Gasteiger partial charge in [-0.15, -0.1) is 0 Å². The number of alkyl halides is 1. The molecule has 0 aliphatic carbocycles. The zero-order valence-corrected chi connectivity index (χ0v) is 7.72. The second-order valence-electron chi connectivity index (χ2n) is 3.00. The van der Waals surface area contributed by atoms with E-state index in [2.05, 4.69) is 6.92 Å². The minimum absolute atomic E-state index is 0.442. The van der Waals surface area contributed by atoms with Crippen LogP contribution in [0.4, 0.5) is 4.39 Å². The molecule has 0 amide bonds. The first-order chi connectivity index (χ1) is 6.27. The van der Waals surface area contributed by atoms with Crippen LogP contribution in [-0.4, -0.2) is 12.5 Å². The van der Waals surface area contributed by atoms with Gasteiger partial charge in [-0.3, -0.25) is 4.79 Å². The SMILES string of the molecule is CCCc1ccc(C(=O)CF)cc1. The molecular formula is C11H13FO. The van der Waals surface area contributed by atoms with E-state index in [-0.39, 0.29) is 0 Å². The largest absolute Gasteiger partial charge is 0.291 e. The zero-order valence-electron chi connectivity index (χ0n) is 7.72. The normalized spacial score (nSPS) is 10.0. The van der Waals surface area contributed by atoms with E-state index in [9.17, 15) is 9.18 Å². The lowest BCUT2D eigenvalue weighted by molar-refractivity contribution is 0.0958. The molecule has 0 aliphatic heterocycles. The lowest BCUT2D eigenvalue weighted by Gasteiger charge is -1.99. The second-order valence-corrected chi connectivity index (χ2v) is 3.00. The molecule has 0 fully saturated rings. The lowest BCUT2D eigenvalue weighted by atomic mass is 10.1. The number of carbonyl (C=O) groups is 1. The summed E-state index contributed by atoms with van der Waals surface area (Å²) in [5, 5.41) is 0. The molecule has 70 valence electrons. The molecule has 1 aromatic rings. The summed E-state index contributed by atoms with van der Waals surface area (Å²) < 4.78 is 12.0. The van der Waals surface area contributed by atoms with Crippen molar-refractivity contribution in [3.05, 3.63) is 35.4 Å². The van der Waals surface area contributed by atoms with Gasteiger partial charge in [0.25, 0.3) is 0 Å². The number of halogens is 1. The topological polar surface area (TPSA) is 17.1 Å².